The van der Waals surface area contributed by atoms with Gasteiger partial charge in [-0.2, -0.15) is 5.26 Å². The zero-order valence-corrected chi connectivity index (χ0v) is 10.6. The summed E-state index contributed by atoms with van der Waals surface area (Å²) in [6, 6.07) is 7.31. The Morgan fingerprint density at radius 1 is 1.44 bits per heavy atom. The molecule has 2 N–H and O–H groups in total. The molecule has 0 spiro atoms. The Morgan fingerprint density at radius 3 is 2.83 bits per heavy atom. The minimum Gasteiger partial charge on any atom is -0.497 e. The third kappa shape index (κ3) is 4.24. The molecule has 0 saturated carbocycles. The Hall–Kier alpha value is -1.77. The van der Waals surface area contributed by atoms with Crippen LogP contribution in [-0.2, 0) is 4.74 Å². The number of methoxy groups -OCH3 is 2. The second-order valence-electron chi connectivity index (χ2n) is 3.85. The Balaban J connectivity index is 2.58. The van der Waals surface area contributed by atoms with Crippen LogP contribution in [0.15, 0.2) is 18.2 Å². The molecule has 0 saturated heterocycles. The number of nitrogens with zero attached hydrogens (tertiary/aromatic N) is 1. The number of anilines is 1. The predicted molar refractivity (Wildman–Crippen MR) is 68.7 cm³/mol. The van der Waals surface area contributed by atoms with E-state index in [0.717, 1.165) is 0 Å². The van der Waals surface area contributed by atoms with Gasteiger partial charge < -0.3 is 19.9 Å². The first-order valence-electron chi connectivity index (χ1n) is 5.70. The second kappa shape index (κ2) is 7.54. The van der Waals surface area contributed by atoms with Gasteiger partial charge in [-0.15, -0.1) is 0 Å². The summed E-state index contributed by atoms with van der Waals surface area (Å²) < 4.78 is 9.94. The van der Waals surface area contributed by atoms with Crippen LogP contribution < -0.4 is 10.1 Å². The molecule has 1 aromatic carbocycles. The summed E-state index contributed by atoms with van der Waals surface area (Å²) in [5.74, 6) is 0.689. The molecule has 0 radical (unpaired) electrons. The van der Waals surface area contributed by atoms with Gasteiger partial charge in [0.25, 0.3) is 0 Å². The Morgan fingerprint density at radius 2 is 2.22 bits per heavy atom. The molecule has 0 aromatic heterocycles. The summed E-state index contributed by atoms with van der Waals surface area (Å²) in [5, 5.41) is 21.6. The van der Waals surface area contributed by atoms with Crippen LogP contribution in [0.5, 0.6) is 5.75 Å². The first-order chi connectivity index (χ1) is 8.71. The summed E-state index contributed by atoms with van der Waals surface area (Å²) in [5.41, 5.74) is 1.26. The summed E-state index contributed by atoms with van der Waals surface area (Å²) >= 11 is 0. The van der Waals surface area contributed by atoms with Crippen LogP contribution in [-0.4, -0.2) is 38.6 Å². The molecule has 1 atom stereocenters. The van der Waals surface area contributed by atoms with Crippen LogP contribution in [0.3, 0.4) is 0 Å². The van der Waals surface area contributed by atoms with E-state index in [0.29, 0.717) is 36.6 Å². The molecule has 98 valence electrons. The van der Waals surface area contributed by atoms with Gasteiger partial charge in [0.15, 0.2) is 0 Å². The molecule has 5 heteroatoms. The molecule has 1 unspecified atom stereocenters. The zero-order chi connectivity index (χ0) is 13.4. The number of hydrogen-bond donors (Lipinski definition) is 2. The van der Waals surface area contributed by atoms with Gasteiger partial charge in [0, 0.05) is 19.7 Å². The lowest BCUT2D eigenvalue weighted by Gasteiger charge is -2.12. The maximum absolute atomic E-state index is 9.50. The molecule has 0 fully saturated rings. The van der Waals surface area contributed by atoms with Gasteiger partial charge in [0.2, 0.25) is 0 Å². The highest BCUT2D eigenvalue weighted by molar-refractivity contribution is 5.60. The van der Waals surface area contributed by atoms with Gasteiger partial charge >= 0.3 is 0 Å². The quantitative estimate of drug-likeness (QED) is 0.764. The van der Waals surface area contributed by atoms with Crippen LogP contribution in [0.2, 0.25) is 0 Å². The second-order valence-corrected chi connectivity index (χ2v) is 3.85. The van der Waals surface area contributed by atoms with E-state index in [2.05, 4.69) is 11.4 Å². The van der Waals surface area contributed by atoms with E-state index in [1.54, 1.807) is 32.4 Å². The topological polar surface area (TPSA) is 74.5 Å². The lowest BCUT2D eigenvalue weighted by Crippen LogP contribution is -2.18. The van der Waals surface area contributed by atoms with Gasteiger partial charge in [-0.1, -0.05) is 0 Å². The van der Waals surface area contributed by atoms with Crippen molar-refractivity contribution in [2.75, 3.05) is 32.7 Å². The fourth-order valence-electron chi connectivity index (χ4n) is 1.54. The lowest BCUT2D eigenvalue weighted by atomic mass is 10.1. The van der Waals surface area contributed by atoms with Crippen LogP contribution >= 0.6 is 0 Å². The number of aliphatic hydroxyl groups excluding tert-OH is 1. The molecule has 1 aromatic rings. The first-order valence-corrected chi connectivity index (χ1v) is 5.70. The predicted octanol–water partition coefficient (Wildman–Crippen LogP) is 1.38. The van der Waals surface area contributed by atoms with Crippen molar-refractivity contribution in [3.8, 4) is 11.8 Å². The average molecular weight is 250 g/mol. The Bertz CT molecular complexity index is 415. The monoisotopic (exact) mass is 250 g/mol. The van der Waals surface area contributed by atoms with E-state index in [4.69, 9.17) is 14.7 Å². The number of nitrogens with one attached hydrogen (secondary N) is 1. The minimum atomic E-state index is -0.501. The maximum atomic E-state index is 9.50. The normalized spacial score (nSPS) is 11.7. The summed E-state index contributed by atoms with van der Waals surface area (Å²) in [6.07, 6.45) is 0.0503. The highest BCUT2D eigenvalue weighted by Crippen LogP contribution is 2.21. The number of hydrogen-bond acceptors (Lipinski definition) is 5. The van der Waals surface area contributed by atoms with Crippen molar-refractivity contribution in [1.29, 1.82) is 5.26 Å². The first kappa shape index (κ1) is 14.3. The molecule has 5 nitrogen and oxygen atoms in total. The Labute approximate surface area is 107 Å². The molecule has 0 heterocycles. The average Bonchev–Trinajstić information content (AvgIpc) is 2.39. The van der Waals surface area contributed by atoms with Crippen LogP contribution in [0, 0.1) is 11.3 Å². The summed E-state index contributed by atoms with van der Waals surface area (Å²) in [4.78, 5) is 0. The summed E-state index contributed by atoms with van der Waals surface area (Å²) in [7, 11) is 3.12. The van der Waals surface area contributed by atoms with Crippen molar-refractivity contribution in [3.05, 3.63) is 23.8 Å². The van der Waals surface area contributed by atoms with E-state index >= 15 is 0 Å². The van der Waals surface area contributed by atoms with E-state index < -0.39 is 6.10 Å². The van der Waals surface area contributed by atoms with Gasteiger partial charge in [-0.25, -0.2) is 0 Å². The zero-order valence-electron chi connectivity index (χ0n) is 10.6. The minimum absolute atomic E-state index is 0.310. The van der Waals surface area contributed by atoms with Crippen LogP contribution in [0.4, 0.5) is 5.69 Å². The molecule has 1 rings (SSSR count). The molecule has 0 amide bonds. The highest BCUT2D eigenvalue weighted by Gasteiger charge is 2.06. The number of nitriles is 1. The molecular weight excluding hydrogens is 232 g/mol. The molecule has 0 aliphatic rings. The fourth-order valence-corrected chi connectivity index (χ4v) is 1.54. The van der Waals surface area contributed by atoms with Crippen molar-refractivity contribution in [2.45, 2.75) is 12.5 Å². The Kier molecular flexibility index (Phi) is 5.98. The van der Waals surface area contributed by atoms with Crippen molar-refractivity contribution < 1.29 is 14.6 Å². The van der Waals surface area contributed by atoms with Crippen molar-refractivity contribution in [3.63, 3.8) is 0 Å². The van der Waals surface area contributed by atoms with Gasteiger partial charge in [0.1, 0.15) is 11.8 Å². The third-order valence-corrected chi connectivity index (χ3v) is 2.50. The number of benzene rings is 1. The van der Waals surface area contributed by atoms with Crippen molar-refractivity contribution in [1.82, 2.24) is 0 Å². The molecule has 0 aliphatic heterocycles. The molecule has 0 aliphatic carbocycles. The van der Waals surface area contributed by atoms with Crippen LogP contribution in [0.1, 0.15) is 12.0 Å². The van der Waals surface area contributed by atoms with Crippen LogP contribution in [0.25, 0.3) is 0 Å². The lowest BCUT2D eigenvalue weighted by molar-refractivity contribution is 0.0615. The molecular formula is C13H18N2O3. The van der Waals surface area contributed by atoms with Gasteiger partial charge in [-0.05, 0) is 18.6 Å². The van der Waals surface area contributed by atoms with Crippen molar-refractivity contribution in [2.24, 2.45) is 0 Å². The number of ether oxygens (including phenoxy) is 2. The van der Waals surface area contributed by atoms with E-state index in [9.17, 15) is 5.11 Å². The van der Waals surface area contributed by atoms with E-state index in [1.807, 2.05) is 0 Å². The third-order valence-electron chi connectivity index (χ3n) is 2.50. The summed E-state index contributed by atoms with van der Waals surface area (Å²) in [6.45, 7) is 0.872. The number of rotatable bonds is 7. The maximum Gasteiger partial charge on any atom is 0.121 e. The number of aliphatic hydroxyl groups is 1. The van der Waals surface area contributed by atoms with E-state index in [1.165, 1.54) is 0 Å². The molecule has 18 heavy (non-hydrogen) atoms. The SMILES string of the molecule is COCC(O)CCNc1cc(OC)ccc1C#N. The standard InChI is InChI=1S/C13H18N2O3/c1-17-9-11(16)5-6-15-13-7-12(18-2)4-3-10(13)8-14/h3-4,7,11,15-16H,5-6,9H2,1-2H3. The smallest absolute Gasteiger partial charge is 0.121 e. The molecule has 0 bridgehead atoms. The highest BCUT2D eigenvalue weighted by atomic mass is 16.5. The largest absolute Gasteiger partial charge is 0.497 e. The van der Waals surface area contributed by atoms with E-state index in [-0.39, 0.29) is 0 Å². The van der Waals surface area contributed by atoms with Crippen molar-refractivity contribution >= 4 is 5.69 Å². The van der Waals surface area contributed by atoms with Gasteiger partial charge in [0.05, 0.1) is 31.1 Å². The van der Waals surface area contributed by atoms with Gasteiger partial charge in [-0.3, -0.25) is 0 Å². The fraction of sp³-hybridized carbons (Fsp3) is 0.462.